The van der Waals surface area contributed by atoms with Crippen LogP contribution in [0.2, 0.25) is 0 Å². The summed E-state index contributed by atoms with van der Waals surface area (Å²) in [4.78, 5) is 2.27. The summed E-state index contributed by atoms with van der Waals surface area (Å²) >= 11 is 0. The second-order valence-corrected chi connectivity index (χ2v) is 7.08. The van der Waals surface area contributed by atoms with Gasteiger partial charge in [-0.3, -0.25) is 5.10 Å². The summed E-state index contributed by atoms with van der Waals surface area (Å²) in [7, 11) is 3.80. The van der Waals surface area contributed by atoms with Crippen LogP contribution in [0, 0.1) is 0 Å². The molecular weight excluding hydrogens is 337 g/mol. The molecule has 0 aliphatic heterocycles. The Kier molecular flexibility index (Phi) is 5.09. The Morgan fingerprint density at radius 3 is 2.59 bits per heavy atom. The SMILES string of the molecule is BOc1cc(-c2cn[nH]c2)ccc1-c1ccc(N(C)C2CCCCC2)nn1. The highest BCUT2D eigenvalue weighted by Crippen LogP contribution is 2.33. The van der Waals surface area contributed by atoms with Crippen molar-refractivity contribution in [2.75, 3.05) is 11.9 Å². The van der Waals surface area contributed by atoms with Crippen molar-refractivity contribution in [3.63, 3.8) is 0 Å². The molecule has 0 unspecified atom stereocenters. The number of nitrogens with one attached hydrogen (secondary N) is 1. The summed E-state index contributed by atoms with van der Waals surface area (Å²) in [5.74, 6) is 1.70. The number of anilines is 1. The number of H-pyrrole nitrogens is 1. The lowest BCUT2D eigenvalue weighted by molar-refractivity contribution is 0.425. The number of hydrogen-bond acceptors (Lipinski definition) is 5. The van der Waals surface area contributed by atoms with Crippen LogP contribution in [0.1, 0.15) is 32.1 Å². The highest BCUT2D eigenvalue weighted by Gasteiger charge is 2.19. The Morgan fingerprint density at radius 1 is 1.07 bits per heavy atom. The third-order valence-electron chi connectivity index (χ3n) is 5.44. The predicted molar refractivity (Wildman–Crippen MR) is 109 cm³/mol. The number of aromatic amines is 1. The maximum atomic E-state index is 5.60. The molecular formula is C20H24BN5O. The highest BCUT2D eigenvalue weighted by molar-refractivity contribution is 6.01. The van der Waals surface area contributed by atoms with Gasteiger partial charge in [-0.1, -0.05) is 25.3 Å². The molecule has 138 valence electrons. The molecule has 0 atom stereocenters. The van der Waals surface area contributed by atoms with Crippen molar-refractivity contribution in [1.29, 1.82) is 0 Å². The lowest BCUT2D eigenvalue weighted by atomic mass is 9.94. The smallest absolute Gasteiger partial charge is 0.322 e. The van der Waals surface area contributed by atoms with E-state index in [0.717, 1.165) is 34.0 Å². The number of benzene rings is 1. The summed E-state index contributed by atoms with van der Waals surface area (Å²) < 4.78 is 5.60. The van der Waals surface area contributed by atoms with Crippen molar-refractivity contribution in [3.05, 3.63) is 42.7 Å². The van der Waals surface area contributed by atoms with Gasteiger partial charge in [0.05, 0.1) is 11.9 Å². The molecule has 2 heterocycles. The highest BCUT2D eigenvalue weighted by atomic mass is 16.4. The Balaban J connectivity index is 1.58. The maximum absolute atomic E-state index is 5.60. The van der Waals surface area contributed by atoms with E-state index in [-0.39, 0.29) is 0 Å². The van der Waals surface area contributed by atoms with E-state index < -0.39 is 0 Å². The van der Waals surface area contributed by atoms with E-state index in [4.69, 9.17) is 4.65 Å². The van der Waals surface area contributed by atoms with Crippen LogP contribution >= 0.6 is 0 Å². The summed E-state index contributed by atoms with van der Waals surface area (Å²) in [6.45, 7) is 0. The first-order valence-corrected chi connectivity index (χ1v) is 9.50. The van der Waals surface area contributed by atoms with E-state index in [0.29, 0.717) is 6.04 Å². The molecule has 1 N–H and O–H groups in total. The molecule has 1 aliphatic rings. The monoisotopic (exact) mass is 361 g/mol. The lowest BCUT2D eigenvalue weighted by Gasteiger charge is -2.31. The average molecular weight is 361 g/mol. The van der Waals surface area contributed by atoms with Crippen LogP contribution in [0.5, 0.6) is 5.75 Å². The number of hydrogen-bond donors (Lipinski definition) is 1. The summed E-state index contributed by atoms with van der Waals surface area (Å²) in [6, 6.07) is 10.7. The first-order chi connectivity index (χ1) is 13.3. The molecule has 3 aromatic rings. The van der Waals surface area contributed by atoms with Gasteiger partial charge in [0.15, 0.2) is 5.82 Å². The fourth-order valence-corrected chi connectivity index (χ4v) is 3.80. The Bertz CT molecular complexity index is 876. The molecule has 2 aromatic heterocycles. The van der Waals surface area contributed by atoms with Crippen LogP contribution in [0.15, 0.2) is 42.7 Å². The minimum Gasteiger partial charge on any atom is -0.567 e. The largest absolute Gasteiger partial charge is 0.567 e. The second kappa shape index (κ2) is 7.82. The molecule has 0 spiro atoms. The van der Waals surface area contributed by atoms with Crippen LogP contribution in [0.25, 0.3) is 22.4 Å². The van der Waals surface area contributed by atoms with Crippen LogP contribution < -0.4 is 9.55 Å². The van der Waals surface area contributed by atoms with Crippen LogP contribution in [0.4, 0.5) is 5.82 Å². The second-order valence-electron chi connectivity index (χ2n) is 7.08. The normalized spacial score (nSPS) is 14.9. The topological polar surface area (TPSA) is 66.9 Å². The quantitative estimate of drug-likeness (QED) is 0.707. The molecule has 0 saturated heterocycles. The zero-order chi connectivity index (χ0) is 18.6. The minimum atomic E-state index is 0.572. The molecule has 6 nitrogen and oxygen atoms in total. The molecule has 1 fully saturated rings. The predicted octanol–water partition coefficient (Wildman–Crippen LogP) is 3.23. The van der Waals surface area contributed by atoms with Crippen LogP contribution in [0.3, 0.4) is 0 Å². The van der Waals surface area contributed by atoms with Crippen LogP contribution in [-0.4, -0.2) is 41.5 Å². The van der Waals surface area contributed by atoms with Crippen molar-refractivity contribution in [3.8, 4) is 28.1 Å². The minimum absolute atomic E-state index is 0.572. The van der Waals surface area contributed by atoms with Gasteiger partial charge in [0.1, 0.15) is 5.75 Å². The summed E-state index contributed by atoms with van der Waals surface area (Å²) in [6.07, 6.45) is 10.1. The molecule has 7 heteroatoms. The Morgan fingerprint density at radius 2 is 1.93 bits per heavy atom. The first kappa shape index (κ1) is 17.6. The first-order valence-electron chi connectivity index (χ1n) is 9.50. The number of rotatable bonds is 5. The zero-order valence-corrected chi connectivity index (χ0v) is 15.9. The summed E-state index contributed by atoms with van der Waals surface area (Å²) in [5, 5.41) is 15.8. The van der Waals surface area contributed by atoms with E-state index in [1.165, 1.54) is 32.1 Å². The fraction of sp³-hybridized carbons (Fsp3) is 0.350. The van der Waals surface area contributed by atoms with Crippen LogP contribution in [-0.2, 0) is 0 Å². The zero-order valence-electron chi connectivity index (χ0n) is 15.9. The number of aromatic nitrogens is 4. The van der Waals surface area contributed by atoms with E-state index in [2.05, 4.69) is 38.4 Å². The van der Waals surface area contributed by atoms with Gasteiger partial charge < -0.3 is 9.55 Å². The van der Waals surface area contributed by atoms with Gasteiger partial charge in [-0.25, -0.2) is 0 Å². The van der Waals surface area contributed by atoms with E-state index in [9.17, 15) is 0 Å². The molecule has 4 rings (SSSR count). The standard InChI is InChI=1S/C20H24BN5O/c1-26(16-5-3-2-4-6-16)20-10-9-18(24-25-20)17-8-7-14(11-19(17)27-21)15-12-22-23-13-15/h7-13,16H,2-6,21H2,1H3,(H,22,23). The van der Waals surface area contributed by atoms with E-state index in [1.54, 1.807) is 14.2 Å². The van der Waals surface area contributed by atoms with Gasteiger partial charge >= 0.3 is 8.05 Å². The Hall–Kier alpha value is -2.83. The molecule has 1 aromatic carbocycles. The molecule has 1 aliphatic carbocycles. The Labute approximate surface area is 160 Å². The van der Waals surface area contributed by atoms with Gasteiger partial charge in [-0.15, -0.1) is 10.2 Å². The van der Waals surface area contributed by atoms with Gasteiger partial charge in [0.2, 0.25) is 0 Å². The molecule has 0 radical (unpaired) electrons. The average Bonchev–Trinajstić information content (AvgIpc) is 3.28. The fourth-order valence-electron chi connectivity index (χ4n) is 3.80. The lowest BCUT2D eigenvalue weighted by Crippen LogP contribution is -2.34. The van der Waals surface area contributed by atoms with Crippen molar-refractivity contribution in [2.24, 2.45) is 0 Å². The van der Waals surface area contributed by atoms with Crippen molar-refractivity contribution in [1.82, 2.24) is 20.4 Å². The maximum Gasteiger partial charge on any atom is 0.322 e. The van der Waals surface area contributed by atoms with Crippen molar-refractivity contribution < 1.29 is 4.65 Å². The molecule has 0 bridgehead atoms. The van der Waals surface area contributed by atoms with E-state index in [1.807, 2.05) is 30.5 Å². The third-order valence-corrected chi connectivity index (χ3v) is 5.44. The van der Waals surface area contributed by atoms with Gasteiger partial charge in [-0.2, -0.15) is 5.10 Å². The molecule has 27 heavy (non-hydrogen) atoms. The third kappa shape index (κ3) is 3.67. The van der Waals surface area contributed by atoms with Gasteiger partial charge in [0.25, 0.3) is 0 Å². The molecule has 0 amide bonds. The van der Waals surface area contributed by atoms with E-state index >= 15 is 0 Å². The molecule has 1 saturated carbocycles. The van der Waals surface area contributed by atoms with Gasteiger partial charge in [0, 0.05) is 30.4 Å². The van der Waals surface area contributed by atoms with Crippen molar-refractivity contribution in [2.45, 2.75) is 38.1 Å². The van der Waals surface area contributed by atoms with Crippen molar-refractivity contribution >= 4 is 13.9 Å². The number of nitrogens with zero attached hydrogens (tertiary/aromatic N) is 4. The van der Waals surface area contributed by atoms with Gasteiger partial charge in [-0.05, 0) is 42.7 Å². The summed E-state index contributed by atoms with van der Waals surface area (Å²) in [5.41, 5.74) is 3.82.